The van der Waals surface area contributed by atoms with Crippen molar-refractivity contribution in [3.05, 3.63) is 71.8 Å². The summed E-state index contributed by atoms with van der Waals surface area (Å²) in [6.07, 6.45) is 2.88. The number of hydrogen-bond acceptors (Lipinski definition) is 3. The van der Waals surface area contributed by atoms with E-state index in [-0.39, 0.29) is 19.3 Å². The predicted octanol–water partition coefficient (Wildman–Crippen LogP) is 2.94. The van der Waals surface area contributed by atoms with Crippen molar-refractivity contribution < 1.29 is 10.2 Å². The molecule has 0 aliphatic heterocycles. The summed E-state index contributed by atoms with van der Waals surface area (Å²) in [7, 11) is 0. The van der Waals surface area contributed by atoms with Gasteiger partial charge in [0.05, 0.1) is 12.6 Å². The van der Waals surface area contributed by atoms with Crippen LogP contribution >= 0.6 is 0 Å². The molecule has 0 radical (unpaired) electrons. The highest BCUT2D eigenvalue weighted by Gasteiger charge is 2.11. The average molecular weight is 313 g/mol. The minimum atomic E-state index is -0.0158. The van der Waals surface area contributed by atoms with E-state index in [2.05, 4.69) is 17.4 Å². The Balaban J connectivity index is 1.72. The first-order valence-electron chi connectivity index (χ1n) is 8.37. The Morgan fingerprint density at radius 3 is 2.09 bits per heavy atom. The maximum absolute atomic E-state index is 9.56. The average Bonchev–Trinajstić information content (AvgIpc) is 2.62. The van der Waals surface area contributed by atoms with Gasteiger partial charge >= 0.3 is 0 Å². The highest BCUT2D eigenvalue weighted by molar-refractivity contribution is 5.19. The normalized spacial score (nSPS) is 13.7. The largest absolute Gasteiger partial charge is 0.396 e. The summed E-state index contributed by atoms with van der Waals surface area (Å²) in [6, 6.07) is 20.3. The number of aliphatic hydroxyl groups excluding tert-OH is 2. The third-order valence-corrected chi connectivity index (χ3v) is 4.19. The van der Waals surface area contributed by atoms with Gasteiger partial charge in [0.2, 0.25) is 0 Å². The third kappa shape index (κ3) is 6.14. The zero-order valence-corrected chi connectivity index (χ0v) is 13.6. The van der Waals surface area contributed by atoms with E-state index in [9.17, 15) is 10.2 Å². The molecule has 2 aromatic carbocycles. The molecule has 0 spiro atoms. The van der Waals surface area contributed by atoms with Crippen LogP contribution in [0.3, 0.4) is 0 Å². The van der Waals surface area contributed by atoms with Crippen molar-refractivity contribution in [1.82, 2.24) is 5.32 Å². The monoisotopic (exact) mass is 313 g/mol. The number of aliphatic hydroxyl groups is 2. The van der Waals surface area contributed by atoms with Crippen molar-refractivity contribution in [3.63, 3.8) is 0 Å². The van der Waals surface area contributed by atoms with Gasteiger partial charge in [-0.2, -0.15) is 0 Å². The maximum atomic E-state index is 9.56. The highest BCUT2D eigenvalue weighted by atomic mass is 16.3. The summed E-state index contributed by atoms with van der Waals surface area (Å²) < 4.78 is 0. The number of hydrogen-bond donors (Lipinski definition) is 3. The van der Waals surface area contributed by atoms with Crippen LogP contribution in [0, 0.1) is 5.92 Å². The molecule has 0 aliphatic rings. The smallest absolute Gasteiger partial charge is 0.0626 e. The van der Waals surface area contributed by atoms with Crippen LogP contribution in [-0.4, -0.2) is 30.0 Å². The van der Waals surface area contributed by atoms with Crippen LogP contribution in [0.4, 0.5) is 0 Å². The molecule has 0 aromatic heterocycles. The maximum Gasteiger partial charge on any atom is 0.0626 e. The van der Waals surface area contributed by atoms with Gasteiger partial charge in [0.1, 0.15) is 0 Å². The van der Waals surface area contributed by atoms with Crippen molar-refractivity contribution in [1.29, 1.82) is 0 Å². The van der Waals surface area contributed by atoms with E-state index in [1.54, 1.807) is 0 Å². The van der Waals surface area contributed by atoms with Gasteiger partial charge in [-0.1, -0.05) is 60.7 Å². The van der Waals surface area contributed by atoms with Gasteiger partial charge < -0.3 is 15.5 Å². The first kappa shape index (κ1) is 17.7. The van der Waals surface area contributed by atoms with Crippen LogP contribution in [-0.2, 0) is 6.42 Å². The molecule has 3 heteroatoms. The second-order valence-electron chi connectivity index (χ2n) is 5.98. The summed E-state index contributed by atoms with van der Waals surface area (Å²) in [5.74, 6) is 0.295. The summed E-state index contributed by atoms with van der Waals surface area (Å²) in [4.78, 5) is 0. The molecule has 124 valence electrons. The molecule has 0 saturated carbocycles. The van der Waals surface area contributed by atoms with Gasteiger partial charge in [-0.25, -0.2) is 0 Å². The summed E-state index contributed by atoms with van der Waals surface area (Å²) in [6.45, 7) is 1.15. The van der Waals surface area contributed by atoms with E-state index in [4.69, 9.17) is 0 Å². The summed E-state index contributed by atoms with van der Waals surface area (Å²) in [5.41, 5.74) is 2.38. The molecule has 2 atom stereocenters. The Morgan fingerprint density at radius 1 is 0.826 bits per heavy atom. The fourth-order valence-corrected chi connectivity index (χ4v) is 2.85. The molecule has 0 fully saturated rings. The first-order valence-corrected chi connectivity index (χ1v) is 8.37. The molecule has 0 bridgehead atoms. The summed E-state index contributed by atoms with van der Waals surface area (Å²) in [5, 5.41) is 22.5. The molecule has 0 aliphatic carbocycles. The Hall–Kier alpha value is -1.68. The van der Waals surface area contributed by atoms with Crippen molar-refractivity contribution in [2.24, 2.45) is 5.92 Å². The van der Waals surface area contributed by atoms with Gasteiger partial charge in [0.15, 0.2) is 0 Å². The van der Waals surface area contributed by atoms with E-state index < -0.39 is 0 Å². The predicted molar refractivity (Wildman–Crippen MR) is 94.2 cm³/mol. The second kappa shape index (κ2) is 10.2. The fraction of sp³-hybridized carbons (Fsp3) is 0.400. The third-order valence-electron chi connectivity index (χ3n) is 4.19. The lowest BCUT2D eigenvalue weighted by Gasteiger charge is -2.18. The van der Waals surface area contributed by atoms with E-state index in [0.717, 1.165) is 31.4 Å². The fourth-order valence-electron chi connectivity index (χ4n) is 2.85. The Kier molecular flexibility index (Phi) is 7.81. The lowest BCUT2D eigenvalue weighted by Crippen LogP contribution is -2.26. The first-order chi connectivity index (χ1) is 11.3. The number of rotatable bonds is 10. The van der Waals surface area contributed by atoms with Crippen LogP contribution in [0.2, 0.25) is 0 Å². The van der Waals surface area contributed by atoms with Crippen molar-refractivity contribution in [3.8, 4) is 0 Å². The molecular weight excluding hydrogens is 286 g/mol. The molecule has 2 rings (SSSR count). The van der Waals surface area contributed by atoms with Gasteiger partial charge in [-0.05, 0) is 42.9 Å². The number of benzene rings is 2. The van der Waals surface area contributed by atoms with E-state index in [1.165, 1.54) is 5.56 Å². The van der Waals surface area contributed by atoms with Crippen LogP contribution in [0.15, 0.2) is 60.7 Å². The van der Waals surface area contributed by atoms with Gasteiger partial charge in [-0.15, -0.1) is 0 Å². The van der Waals surface area contributed by atoms with E-state index in [1.807, 2.05) is 48.5 Å². The van der Waals surface area contributed by atoms with Crippen LogP contribution in [0.1, 0.15) is 30.0 Å². The van der Waals surface area contributed by atoms with Crippen molar-refractivity contribution in [2.75, 3.05) is 19.8 Å². The molecule has 0 unspecified atom stereocenters. The lowest BCUT2D eigenvalue weighted by molar-refractivity contribution is 0.212. The Labute approximate surface area is 139 Å². The van der Waals surface area contributed by atoms with Gasteiger partial charge in [0, 0.05) is 6.61 Å². The molecule has 23 heavy (non-hydrogen) atoms. The highest BCUT2D eigenvalue weighted by Crippen LogP contribution is 2.15. The SMILES string of the molecule is OC[C@@H](CCCN[C@@H](CO)c1ccccc1)Cc1ccccc1. The Bertz CT molecular complexity index is 530. The van der Waals surface area contributed by atoms with Crippen LogP contribution in [0.5, 0.6) is 0 Å². The van der Waals surface area contributed by atoms with Crippen LogP contribution in [0.25, 0.3) is 0 Å². The standard InChI is InChI=1S/C20H27NO2/c22-15-18(14-17-8-3-1-4-9-17)10-7-13-21-20(16-23)19-11-5-2-6-12-19/h1-6,8-9,11-12,18,20-23H,7,10,13-16H2/t18-,20-/m0/s1. The van der Waals surface area contributed by atoms with Crippen molar-refractivity contribution in [2.45, 2.75) is 25.3 Å². The zero-order chi connectivity index (χ0) is 16.3. The van der Waals surface area contributed by atoms with E-state index >= 15 is 0 Å². The van der Waals surface area contributed by atoms with Crippen molar-refractivity contribution >= 4 is 0 Å². The zero-order valence-electron chi connectivity index (χ0n) is 13.6. The topological polar surface area (TPSA) is 52.5 Å². The molecular formula is C20H27NO2. The minimum Gasteiger partial charge on any atom is -0.396 e. The summed E-state index contributed by atoms with van der Waals surface area (Å²) >= 11 is 0. The second-order valence-corrected chi connectivity index (χ2v) is 5.98. The molecule has 2 aromatic rings. The molecule has 0 saturated heterocycles. The molecule has 3 nitrogen and oxygen atoms in total. The number of nitrogens with one attached hydrogen (secondary N) is 1. The van der Waals surface area contributed by atoms with Gasteiger partial charge in [-0.3, -0.25) is 0 Å². The minimum absolute atomic E-state index is 0.0158. The van der Waals surface area contributed by atoms with E-state index in [0.29, 0.717) is 5.92 Å². The molecule has 0 amide bonds. The quantitative estimate of drug-likeness (QED) is 0.591. The molecule has 0 heterocycles. The Morgan fingerprint density at radius 2 is 1.48 bits per heavy atom. The molecule has 3 N–H and O–H groups in total. The lowest BCUT2D eigenvalue weighted by atomic mass is 9.95. The van der Waals surface area contributed by atoms with Gasteiger partial charge in [0.25, 0.3) is 0 Å². The van der Waals surface area contributed by atoms with Crippen LogP contribution < -0.4 is 5.32 Å².